The van der Waals surface area contributed by atoms with E-state index in [1.807, 2.05) is 0 Å². The molecule has 2 rings (SSSR count). The monoisotopic (exact) mass is 320 g/mol. The largest absolute Gasteiger partial charge is 0.477 e. The Morgan fingerprint density at radius 1 is 1.15 bits per heavy atom. The fourth-order valence-electron chi connectivity index (χ4n) is 1.78. The minimum atomic E-state index is -3.26. The van der Waals surface area contributed by atoms with Gasteiger partial charge in [-0.2, -0.15) is 0 Å². The van der Waals surface area contributed by atoms with Crippen LogP contribution in [0.4, 0.5) is 0 Å². The van der Waals surface area contributed by atoms with Crippen LogP contribution in [0.1, 0.15) is 0 Å². The lowest BCUT2D eigenvalue weighted by Crippen LogP contribution is -2.50. The van der Waals surface area contributed by atoms with Crippen LogP contribution >= 0.6 is 11.8 Å². The molecule has 112 valence electrons. The molecule has 8 heteroatoms. The van der Waals surface area contributed by atoms with Gasteiger partial charge in [-0.15, -0.1) is 11.8 Å². The van der Waals surface area contributed by atoms with Crippen LogP contribution < -0.4 is 4.74 Å². The fourth-order valence-corrected chi connectivity index (χ4v) is 3.53. The molecule has 0 saturated carbocycles. The molecule has 4 atom stereocenters. The van der Waals surface area contributed by atoms with Crippen molar-refractivity contribution >= 4 is 21.6 Å². The van der Waals surface area contributed by atoms with Crippen molar-refractivity contribution in [2.24, 2.45) is 0 Å². The first kappa shape index (κ1) is 15.6. The van der Waals surface area contributed by atoms with Crippen LogP contribution in [-0.2, 0) is 9.84 Å². The van der Waals surface area contributed by atoms with Crippen LogP contribution in [0.2, 0.25) is 0 Å². The van der Waals surface area contributed by atoms with Crippen LogP contribution in [-0.4, -0.2) is 59.5 Å². The highest BCUT2D eigenvalue weighted by Gasteiger charge is 2.38. The van der Waals surface area contributed by atoms with Crippen molar-refractivity contribution in [2.45, 2.75) is 28.6 Å². The zero-order chi connectivity index (χ0) is 14.9. The highest BCUT2D eigenvalue weighted by molar-refractivity contribution is 7.99. The minimum Gasteiger partial charge on any atom is -0.477 e. The van der Waals surface area contributed by atoms with Gasteiger partial charge in [0.2, 0.25) is 0 Å². The van der Waals surface area contributed by atoms with Gasteiger partial charge in [0.1, 0.15) is 18.0 Å². The maximum atomic E-state index is 11.3. The third kappa shape index (κ3) is 3.44. The second-order valence-corrected chi connectivity index (χ2v) is 7.76. The molecule has 0 amide bonds. The Hall–Kier alpha value is -0.800. The average molecular weight is 320 g/mol. The number of sulfone groups is 1. The summed E-state index contributed by atoms with van der Waals surface area (Å²) in [5, 5.41) is 28.8. The minimum absolute atomic E-state index is 0.178. The molecule has 0 aliphatic carbocycles. The van der Waals surface area contributed by atoms with Crippen molar-refractivity contribution in [3.05, 3.63) is 24.3 Å². The molecule has 1 aromatic carbocycles. The topological polar surface area (TPSA) is 104 Å². The lowest BCUT2D eigenvalue weighted by molar-refractivity contribution is -0.0786. The number of hydrogen-bond acceptors (Lipinski definition) is 7. The Bertz CT molecular complexity index is 556. The lowest BCUT2D eigenvalue weighted by atomic mass is 10.1. The number of rotatable bonds is 3. The number of hydrogen-bond donors (Lipinski definition) is 3. The smallest absolute Gasteiger partial charge is 0.175 e. The van der Waals surface area contributed by atoms with Crippen molar-refractivity contribution in [3.63, 3.8) is 0 Å². The van der Waals surface area contributed by atoms with Crippen LogP contribution in [0.3, 0.4) is 0 Å². The summed E-state index contributed by atoms with van der Waals surface area (Å²) in [5.41, 5.74) is -0.711. The van der Waals surface area contributed by atoms with E-state index >= 15 is 0 Å². The Kier molecular flexibility index (Phi) is 4.60. The summed E-state index contributed by atoms with van der Waals surface area (Å²) in [6.07, 6.45) is -2.33. The maximum absolute atomic E-state index is 11.3. The van der Waals surface area contributed by atoms with Gasteiger partial charge in [-0.1, -0.05) is 0 Å². The molecular weight excluding hydrogens is 304 g/mol. The molecule has 0 bridgehead atoms. The van der Waals surface area contributed by atoms with E-state index in [9.17, 15) is 23.7 Å². The zero-order valence-corrected chi connectivity index (χ0v) is 12.3. The molecule has 0 spiro atoms. The first-order valence-corrected chi connectivity index (χ1v) is 8.85. The maximum Gasteiger partial charge on any atom is 0.175 e. The predicted molar refractivity (Wildman–Crippen MR) is 74.4 cm³/mol. The summed E-state index contributed by atoms with van der Waals surface area (Å²) in [6, 6.07) is 5.80. The number of aliphatic hydroxyl groups is 3. The summed E-state index contributed by atoms with van der Waals surface area (Å²) < 4.78 is 28.1. The third-order valence-electron chi connectivity index (χ3n) is 2.96. The van der Waals surface area contributed by atoms with E-state index in [0.717, 1.165) is 6.26 Å². The van der Waals surface area contributed by atoms with Gasteiger partial charge in [0.05, 0.1) is 11.0 Å². The van der Waals surface area contributed by atoms with Gasteiger partial charge < -0.3 is 20.1 Å². The van der Waals surface area contributed by atoms with Crippen LogP contribution in [0, 0.1) is 0 Å². The van der Waals surface area contributed by atoms with Crippen molar-refractivity contribution in [1.29, 1.82) is 0 Å². The number of aliphatic hydroxyl groups excluding tert-OH is 3. The molecule has 0 unspecified atom stereocenters. The highest BCUT2D eigenvalue weighted by atomic mass is 32.2. The molecule has 1 saturated heterocycles. The molecule has 1 aromatic rings. The highest BCUT2D eigenvalue weighted by Crippen LogP contribution is 2.29. The Morgan fingerprint density at radius 3 is 2.30 bits per heavy atom. The molecule has 1 fully saturated rings. The van der Waals surface area contributed by atoms with Crippen molar-refractivity contribution in [3.8, 4) is 5.75 Å². The number of ether oxygens (including phenoxy) is 1. The standard InChI is InChI=1S/C12H16O6S2/c1-20(16,17)8-4-2-7(3-5-8)18-12-11(15)10(14)9(13)6-19-12/h2-5,9-15H,6H2,1H3/t9-,10+,11-,12-/m1/s1. The second-order valence-electron chi connectivity index (χ2n) is 4.61. The van der Waals surface area contributed by atoms with Gasteiger partial charge in [-0.05, 0) is 24.3 Å². The first-order valence-electron chi connectivity index (χ1n) is 5.91. The molecule has 6 nitrogen and oxygen atoms in total. The zero-order valence-electron chi connectivity index (χ0n) is 10.7. The number of benzene rings is 1. The van der Waals surface area contributed by atoms with Crippen LogP contribution in [0.5, 0.6) is 5.75 Å². The average Bonchev–Trinajstić information content (AvgIpc) is 2.39. The van der Waals surface area contributed by atoms with Gasteiger partial charge >= 0.3 is 0 Å². The van der Waals surface area contributed by atoms with Crippen molar-refractivity contribution < 1.29 is 28.5 Å². The Labute approximate surface area is 121 Å². The van der Waals surface area contributed by atoms with Gasteiger partial charge in [-0.3, -0.25) is 0 Å². The van der Waals surface area contributed by atoms with Crippen molar-refractivity contribution in [1.82, 2.24) is 0 Å². The Morgan fingerprint density at radius 2 is 1.75 bits per heavy atom. The second kappa shape index (κ2) is 5.90. The molecule has 1 aliphatic rings. The summed E-state index contributed by atoms with van der Waals surface area (Å²) in [7, 11) is -3.26. The lowest BCUT2D eigenvalue weighted by Gasteiger charge is -2.34. The molecule has 1 heterocycles. The quantitative estimate of drug-likeness (QED) is 0.697. The van der Waals surface area contributed by atoms with Gasteiger partial charge in [0.25, 0.3) is 0 Å². The van der Waals surface area contributed by atoms with Crippen LogP contribution in [0.25, 0.3) is 0 Å². The van der Waals surface area contributed by atoms with E-state index in [1.165, 1.54) is 36.0 Å². The van der Waals surface area contributed by atoms with Crippen molar-refractivity contribution in [2.75, 3.05) is 12.0 Å². The predicted octanol–water partition coefficient (Wildman–Crippen LogP) is -0.376. The fraction of sp³-hybridized carbons (Fsp3) is 0.500. The molecule has 0 aromatic heterocycles. The molecular formula is C12H16O6S2. The van der Waals surface area contributed by atoms with E-state index in [4.69, 9.17) is 4.74 Å². The molecule has 0 radical (unpaired) electrons. The van der Waals surface area contributed by atoms with E-state index < -0.39 is 33.6 Å². The Balaban J connectivity index is 2.07. The van der Waals surface area contributed by atoms with Crippen LogP contribution in [0.15, 0.2) is 29.2 Å². The summed E-state index contributed by atoms with van der Waals surface area (Å²) in [4.78, 5) is 0.178. The summed E-state index contributed by atoms with van der Waals surface area (Å²) >= 11 is 1.19. The van der Waals surface area contributed by atoms with E-state index in [1.54, 1.807) is 0 Å². The van der Waals surface area contributed by atoms with E-state index in [-0.39, 0.29) is 10.6 Å². The summed E-state index contributed by atoms with van der Waals surface area (Å²) in [5.74, 6) is 0.641. The van der Waals surface area contributed by atoms with Gasteiger partial charge in [0, 0.05) is 12.0 Å². The van der Waals surface area contributed by atoms with E-state index in [0.29, 0.717) is 5.75 Å². The van der Waals surface area contributed by atoms with Gasteiger partial charge in [0.15, 0.2) is 15.3 Å². The first-order chi connectivity index (χ1) is 9.29. The van der Waals surface area contributed by atoms with E-state index in [2.05, 4.69) is 0 Å². The van der Waals surface area contributed by atoms with Gasteiger partial charge in [-0.25, -0.2) is 8.42 Å². The molecule has 20 heavy (non-hydrogen) atoms. The third-order valence-corrected chi connectivity index (χ3v) is 5.32. The SMILES string of the molecule is CS(=O)(=O)c1ccc(O[C@@H]2SC[C@@H](O)[C@H](O)[C@H]2O)cc1. The molecule has 3 N–H and O–H groups in total. The number of thioether (sulfide) groups is 1. The molecule has 1 aliphatic heterocycles. The normalized spacial score (nSPS) is 31.0. The summed E-state index contributed by atoms with van der Waals surface area (Å²) in [6.45, 7) is 0.